The number of aryl methyl sites for hydroxylation is 1. The molecule has 0 aromatic carbocycles. The summed E-state index contributed by atoms with van der Waals surface area (Å²) < 4.78 is 26.2. The highest BCUT2D eigenvalue weighted by Crippen LogP contribution is 2.33. The number of nitrogens with zero attached hydrogens (tertiary/aromatic N) is 4. The predicted molar refractivity (Wildman–Crippen MR) is 81.7 cm³/mol. The van der Waals surface area contributed by atoms with Crippen LogP contribution < -0.4 is 4.90 Å². The minimum absolute atomic E-state index is 0.120. The Morgan fingerprint density at radius 3 is 2.43 bits per heavy atom. The maximum atomic E-state index is 12.3. The fourth-order valence-electron chi connectivity index (χ4n) is 2.88. The number of sulfonamides is 1. The molecule has 1 aliphatic heterocycles. The Morgan fingerprint density at radius 1 is 1.19 bits per heavy atom. The summed E-state index contributed by atoms with van der Waals surface area (Å²) in [5.41, 5.74) is 0.954. The number of aromatic nitrogens is 2. The lowest BCUT2D eigenvalue weighted by Gasteiger charge is -2.36. The summed E-state index contributed by atoms with van der Waals surface area (Å²) in [7, 11) is -1.33. The summed E-state index contributed by atoms with van der Waals surface area (Å²) in [4.78, 5) is 10.6. The van der Waals surface area contributed by atoms with E-state index in [9.17, 15) is 8.42 Å². The summed E-state index contributed by atoms with van der Waals surface area (Å²) in [5, 5.41) is -0.120. The molecule has 0 bridgehead atoms. The highest BCUT2D eigenvalue weighted by atomic mass is 32.2. The molecular formula is C14H22N4O2S. The van der Waals surface area contributed by atoms with Gasteiger partial charge < -0.3 is 4.90 Å². The van der Waals surface area contributed by atoms with Crippen LogP contribution >= 0.6 is 0 Å². The molecule has 0 atom stereocenters. The average molecular weight is 310 g/mol. The highest BCUT2D eigenvalue weighted by molar-refractivity contribution is 7.90. The van der Waals surface area contributed by atoms with Crippen molar-refractivity contribution in [3.05, 3.63) is 18.1 Å². The van der Waals surface area contributed by atoms with Crippen molar-refractivity contribution in [2.24, 2.45) is 0 Å². The van der Waals surface area contributed by atoms with Gasteiger partial charge >= 0.3 is 0 Å². The van der Waals surface area contributed by atoms with Crippen molar-refractivity contribution in [2.45, 2.75) is 43.9 Å². The zero-order valence-electron chi connectivity index (χ0n) is 12.6. The fourth-order valence-corrected chi connectivity index (χ4v) is 4.71. The fraction of sp³-hybridized carbons (Fsp3) is 0.714. The molecular weight excluding hydrogens is 288 g/mol. The number of piperidine rings is 1. The first-order valence-corrected chi connectivity index (χ1v) is 8.99. The van der Waals surface area contributed by atoms with E-state index in [4.69, 9.17) is 0 Å². The number of anilines is 1. The van der Waals surface area contributed by atoms with E-state index >= 15 is 0 Å². The molecule has 2 fully saturated rings. The van der Waals surface area contributed by atoms with Gasteiger partial charge in [-0.05, 0) is 32.6 Å². The molecule has 3 rings (SSSR count). The summed E-state index contributed by atoms with van der Waals surface area (Å²) in [5.74, 6) is 0.939. The third kappa shape index (κ3) is 3.03. The summed E-state index contributed by atoms with van der Waals surface area (Å²) in [6, 6.07) is 2.10. The Labute approximate surface area is 126 Å². The first-order valence-electron chi connectivity index (χ1n) is 7.49. The van der Waals surface area contributed by atoms with Crippen molar-refractivity contribution in [3.8, 4) is 0 Å². The zero-order valence-corrected chi connectivity index (χ0v) is 13.4. The molecule has 21 heavy (non-hydrogen) atoms. The molecule has 0 amide bonds. The van der Waals surface area contributed by atoms with Crippen LogP contribution in [0.5, 0.6) is 0 Å². The van der Waals surface area contributed by atoms with Crippen molar-refractivity contribution in [1.82, 2.24) is 14.3 Å². The predicted octanol–water partition coefficient (Wildman–Crippen LogP) is 1.18. The van der Waals surface area contributed by atoms with Gasteiger partial charge in [0.2, 0.25) is 10.0 Å². The van der Waals surface area contributed by atoms with Crippen LogP contribution in [-0.2, 0) is 10.0 Å². The third-order valence-corrected chi connectivity index (χ3v) is 6.85. The lowest BCUT2D eigenvalue weighted by atomic mass is 10.1. The Kier molecular flexibility index (Phi) is 3.88. The van der Waals surface area contributed by atoms with Gasteiger partial charge in [-0.3, -0.25) is 0 Å². The van der Waals surface area contributed by atoms with Crippen LogP contribution in [0, 0.1) is 6.92 Å². The van der Waals surface area contributed by atoms with Crippen molar-refractivity contribution in [3.63, 3.8) is 0 Å². The van der Waals surface area contributed by atoms with Crippen LogP contribution in [0.2, 0.25) is 0 Å². The summed E-state index contributed by atoms with van der Waals surface area (Å²) >= 11 is 0. The van der Waals surface area contributed by atoms with Gasteiger partial charge in [0.05, 0.1) is 5.25 Å². The van der Waals surface area contributed by atoms with Crippen LogP contribution in [0.15, 0.2) is 12.4 Å². The number of hydrogen-bond donors (Lipinski definition) is 0. The lowest BCUT2D eigenvalue weighted by Crippen LogP contribution is -2.46. The molecule has 1 saturated heterocycles. The molecule has 1 aliphatic carbocycles. The van der Waals surface area contributed by atoms with Gasteiger partial charge in [0.1, 0.15) is 12.1 Å². The molecule has 1 saturated carbocycles. The van der Waals surface area contributed by atoms with E-state index in [1.807, 2.05) is 13.0 Å². The number of rotatable bonds is 4. The van der Waals surface area contributed by atoms with E-state index in [2.05, 4.69) is 14.9 Å². The van der Waals surface area contributed by atoms with E-state index in [0.717, 1.165) is 50.3 Å². The molecule has 0 spiro atoms. The molecule has 7 heteroatoms. The smallest absolute Gasteiger partial charge is 0.216 e. The topological polar surface area (TPSA) is 66.4 Å². The monoisotopic (exact) mass is 310 g/mol. The van der Waals surface area contributed by atoms with Gasteiger partial charge in [-0.1, -0.05) is 0 Å². The Bertz CT molecular complexity index is 607. The second-order valence-electron chi connectivity index (χ2n) is 6.00. The minimum Gasteiger partial charge on any atom is -0.356 e. The van der Waals surface area contributed by atoms with Gasteiger partial charge in [0, 0.05) is 37.9 Å². The SMILES string of the molecule is Cc1cc(N2CCC(N(C)S(=O)(=O)C3CC3)CC2)ncn1. The molecule has 1 aromatic heterocycles. The maximum absolute atomic E-state index is 12.3. The first kappa shape index (κ1) is 14.7. The van der Waals surface area contributed by atoms with E-state index in [1.165, 1.54) is 0 Å². The molecule has 0 unspecified atom stereocenters. The number of hydrogen-bond acceptors (Lipinski definition) is 5. The largest absolute Gasteiger partial charge is 0.356 e. The van der Waals surface area contributed by atoms with Crippen molar-refractivity contribution in [2.75, 3.05) is 25.0 Å². The second-order valence-corrected chi connectivity index (χ2v) is 8.27. The zero-order chi connectivity index (χ0) is 15.0. The van der Waals surface area contributed by atoms with Gasteiger partial charge in [0.25, 0.3) is 0 Å². The van der Waals surface area contributed by atoms with Crippen LogP contribution in [0.3, 0.4) is 0 Å². The third-order valence-electron chi connectivity index (χ3n) is 4.44. The standard InChI is InChI=1S/C14H22N4O2S/c1-11-9-14(16-10-15-11)18-7-5-12(6-8-18)17(2)21(19,20)13-3-4-13/h9-10,12-13H,3-8H2,1-2H3. The van der Waals surface area contributed by atoms with Gasteiger partial charge in [0.15, 0.2) is 0 Å². The van der Waals surface area contributed by atoms with Crippen LogP contribution in [-0.4, -0.2) is 54.1 Å². The Hall–Kier alpha value is -1.21. The molecule has 6 nitrogen and oxygen atoms in total. The highest BCUT2D eigenvalue weighted by Gasteiger charge is 2.41. The molecule has 2 aliphatic rings. The van der Waals surface area contributed by atoms with Crippen molar-refractivity contribution in [1.29, 1.82) is 0 Å². The van der Waals surface area contributed by atoms with Crippen LogP contribution in [0.4, 0.5) is 5.82 Å². The Morgan fingerprint density at radius 2 is 1.86 bits per heavy atom. The van der Waals surface area contributed by atoms with E-state index in [0.29, 0.717) is 0 Å². The average Bonchev–Trinajstić information content (AvgIpc) is 3.32. The first-order chi connectivity index (χ1) is 9.98. The second kappa shape index (κ2) is 5.53. The maximum Gasteiger partial charge on any atom is 0.216 e. The van der Waals surface area contributed by atoms with E-state index < -0.39 is 10.0 Å². The van der Waals surface area contributed by atoms with Crippen LogP contribution in [0.25, 0.3) is 0 Å². The molecule has 116 valence electrons. The van der Waals surface area contributed by atoms with Gasteiger partial charge in [-0.2, -0.15) is 0 Å². The van der Waals surface area contributed by atoms with Crippen molar-refractivity contribution >= 4 is 15.8 Å². The summed E-state index contributed by atoms with van der Waals surface area (Å²) in [6.07, 6.45) is 4.94. The minimum atomic E-state index is -3.07. The molecule has 1 aromatic rings. The molecule has 0 radical (unpaired) electrons. The molecule has 0 N–H and O–H groups in total. The summed E-state index contributed by atoms with van der Waals surface area (Å²) in [6.45, 7) is 3.63. The van der Waals surface area contributed by atoms with Gasteiger partial charge in [-0.15, -0.1) is 0 Å². The Balaban J connectivity index is 1.62. The van der Waals surface area contributed by atoms with E-state index in [-0.39, 0.29) is 11.3 Å². The van der Waals surface area contributed by atoms with Crippen LogP contribution in [0.1, 0.15) is 31.4 Å². The normalized spacial score (nSPS) is 21.0. The van der Waals surface area contributed by atoms with Crippen molar-refractivity contribution < 1.29 is 8.42 Å². The van der Waals surface area contributed by atoms with E-state index in [1.54, 1.807) is 17.7 Å². The van der Waals surface area contributed by atoms with Gasteiger partial charge in [-0.25, -0.2) is 22.7 Å². The quantitative estimate of drug-likeness (QED) is 0.835. The molecule has 2 heterocycles. The lowest BCUT2D eigenvalue weighted by molar-refractivity contribution is 0.311.